The van der Waals surface area contributed by atoms with Crippen LogP contribution in [0.25, 0.3) is 0 Å². The number of methoxy groups -OCH3 is 1. The van der Waals surface area contributed by atoms with E-state index in [0.29, 0.717) is 16.5 Å². The second-order valence-corrected chi connectivity index (χ2v) is 4.31. The number of nitrogens with one attached hydrogen (secondary N) is 1. The summed E-state index contributed by atoms with van der Waals surface area (Å²) in [5.41, 5.74) is 8.21. The lowest BCUT2D eigenvalue weighted by Crippen LogP contribution is -1.97. The van der Waals surface area contributed by atoms with Gasteiger partial charge in [0.05, 0.1) is 24.0 Å². The van der Waals surface area contributed by atoms with E-state index in [1.165, 1.54) is 0 Å². The van der Waals surface area contributed by atoms with Gasteiger partial charge in [0.2, 0.25) is 0 Å². The number of benzene rings is 1. The quantitative estimate of drug-likeness (QED) is 0.891. The maximum atomic E-state index is 6.05. The summed E-state index contributed by atoms with van der Waals surface area (Å²) in [5, 5.41) is 3.71. The molecule has 2 rings (SSSR count). The summed E-state index contributed by atoms with van der Waals surface area (Å²) >= 11 is 6.05. The zero-order valence-electron chi connectivity index (χ0n) is 10.2. The summed E-state index contributed by atoms with van der Waals surface area (Å²) in [6.07, 6.45) is 1.63. The zero-order valence-corrected chi connectivity index (χ0v) is 11.0. The number of anilines is 3. The van der Waals surface area contributed by atoms with Crippen LogP contribution >= 0.6 is 11.6 Å². The van der Waals surface area contributed by atoms with Crippen molar-refractivity contribution < 1.29 is 4.74 Å². The number of halogens is 1. The molecule has 0 aliphatic carbocycles. The van der Waals surface area contributed by atoms with Crippen molar-refractivity contribution in [2.24, 2.45) is 0 Å². The summed E-state index contributed by atoms with van der Waals surface area (Å²) in [5.74, 6) is 1.37. The minimum Gasteiger partial charge on any atom is -0.495 e. The van der Waals surface area contributed by atoms with Crippen LogP contribution in [0, 0.1) is 6.92 Å². The minimum atomic E-state index is 0.551. The lowest BCUT2D eigenvalue weighted by atomic mass is 10.2. The van der Waals surface area contributed by atoms with E-state index in [9.17, 15) is 0 Å². The molecule has 0 aliphatic heterocycles. The van der Waals surface area contributed by atoms with Crippen LogP contribution in [0.1, 0.15) is 5.56 Å². The molecule has 2 aromatic rings. The molecule has 0 spiro atoms. The Hall–Kier alpha value is -1.94. The highest BCUT2D eigenvalue weighted by molar-refractivity contribution is 6.32. The zero-order chi connectivity index (χ0) is 13.1. The Morgan fingerprint density at radius 3 is 2.72 bits per heavy atom. The molecule has 18 heavy (non-hydrogen) atoms. The van der Waals surface area contributed by atoms with E-state index in [0.717, 1.165) is 17.1 Å². The van der Waals surface area contributed by atoms with E-state index >= 15 is 0 Å². The highest BCUT2D eigenvalue weighted by Crippen LogP contribution is 2.28. The van der Waals surface area contributed by atoms with Crippen molar-refractivity contribution in [3.8, 4) is 5.75 Å². The smallest absolute Gasteiger partial charge is 0.137 e. The van der Waals surface area contributed by atoms with Crippen LogP contribution in [0.3, 0.4) is 0 Å². The largest absolute Gasteiger partial charge is 0.495 e. The van der Waals surface area contributed by atoms with Crippen molar-refractivity contribution >= 4 is 28.8 Å². The van der Waals surface area contributed by atoms with E-state index in [1.807, 2.05) is 19.1 Å². The molecule has 5 heteroatoms. The molecule has 0 unspecified atom stereocenters. The molecule has 0 amide bonds. The molecule has 0 radical (unpaired) electrons. The van der Waals surface area contributed by atoms with Crippen LogP contribution in [0.15, 0.2) is 30.5 Å². The first-order chi connectivity index (χ1) is 8.60. The maximum absolute atomic E-state index is 6.05. The van der Waals surface area contributed by atoms with Gasteiger partial charge in [-0.1, -0.05) is 11.6 Å². The molecule has 0 fully saturated rings. The number of aromatic nitrogens is 1. The van der Waals surface area contributed by atoms with Gasteiger partial charge >= 0.3 is 0 Å². The summed E-state index contributed by atoms with van der Waals surface area (Å²) in [6, 6.07) is 7.34. The summed E-state index contributed by atoms with van der Waals surface area (Å²) in [6.45, 7) is 1.93. The predicted molar refractivity (Wildman–Crippen MR) is 74.7 cm³/mol. The molecule has 3 N–H and O–H groups in total. The SMILES string of the molecule is COc1ccc(Nc2cc(C)c(N)cn2)cc1Cl. The van der Waals surface area contributed by atoms with Gasteiger partial charge in [-0.3, -0.25) is 0 Å². The second-order valence-electron chi connectivity index (χ2n) is 3.90. The number of ether oxygens (including phenoxy) is 1. The molecule has 1 aromatic heterocycles. The molecular weight excluding hydrogens is 250 g/mol. The number of hydrogen-bond donors (Lipinski definition) is 2. The van der Waals surface area contributed by atoms with Gasteiger partial charge in [0.25, 0.3) is 0 Å². The molecule has 1 aromatic carbocycles. The monoisotopic (exact) mass is 263 g/mol. The summed E-state index contributed by atoms with van der Waals surface area (Å²) in [4.78, 5) is 4.20. The van der Waals surface area contributed by atoms with Crippen molar-refractivity contribution in [1.82, 2.24) is 4.98 Å². The van der Waals surface area contributed by atoms with Crippen molar-refractivity contribution in [2.45, 2.75) is 6.92 Å². The lowest BCUT2D eigenvalue weighted by Gasteiger charge is -2.09. The van der Waals surface area contributed by atoms with Crippen molar-refractivity contribution in [3.63, 3.8) is 0 Å². The fourth-order valence-corrected chi connectivity index (χ4v) is 1.78. The van der Waals surface area contributed by atoms with Gasteiger partial charge in [-0.05, 0) is 36.8 Å². The Labute approximate surface area is 111 Å². The predicted octanol–water partition coefficient (Wildman–Crippen LogP) is 3.38. The van der Waals surface area contributed by atoms with Crippen LogP contribution in [-0.4, -0.2) is 12.1 Å². The fourth-order valence-electron chi connectivity index (χ4n) is 1.53. The van der Waals surface area contributed by atoms with E-state index in [2.05, 4.69) is 10.3 Å². The van der Waals surface area contributed by atoms with E-state index in [1.54, 1.807) is 25.4 Å². The molecule has 0 bridgehead atoms. The Balaban J connectivity index is 2.23. The van der Waals surface area contributed by atoms with E-state index in [-0.39, 0.29) is 0 Å². The number of hydrogen-bond acceptors (Lipinski definition) is 4. The van der Waals surface area contributed by atoms with Gasteiger partial charge in [-0.2, -0.15) is 0 Å². The van der Waals surface area contributed by atoms with E-state index < -0.39 is 0 Å². The van der Waals surface area contributed by atoms with Crippen LogP contribution in [0.5, 0.6) is 5.75 Å². The number of aryl methyl sites for hydroxylation is 1. The van der Waals surface area contributed by atoms with Crippen molar-refractivity contribution in [1.29, 1.82) is 0 Å². The Bertz CT molecular complexity index is 572. The van der Waals surface area contributed by atoms with Gasteiger partial charge in [-0.25, -0.2) is 4.98 Å². The van der Waals surface area contributed by atoms with Crippen molar-refractivity contribution in [3.05, 3.63) is 41.0 Å². The summed E-state index contributed by atoms with van der Waals surface area (Å²) in [7, 11) is 1.58. The third-order valence-corrected chi connectivity index (χ3v) is 2.87. The Kier molecular flexibility index (Phi) is 3.58. The number of nitrogens with two attached hydrogens (primary N) is 1. The molecule has 0 saturated heterocycles. The third-order valence-electron chi connectivity index (χ3n) is 2.58. The minimum absolute atomic E-state index is 0.551. The average molecular weight is 264 g/mol. The van der Waals surface area contributed by atoms with E-state index in [4.69, 9.17) is 22.1 Å². The van der Waals surface area contributed by atoms with Gasteiger partial charge in [0.1, 0.15) is 11.6 Å². The summed E-state index contributed by atoms with van der Waals surface area (Å²) < 4.78 is 5.09. The number of pyridine rings is 1. The number of nitrogen functional groups attached to an aromatic ring is 1. The first-order valence-electron chi connectivity index (χ1n) is 5.43. The maximum Gasteiger partial charge on any atom is 0.137 e. The molecule has 0 atom stereocenters. The average Bonchev–Trinajstić information content (AvgIpc) is 2.34. The van der Waals surface area contributed by atoms with Gasteiger partial charge in [-0.15, -0.1) is 0 Å². The number of nitrogens with zero attached hydrogens (tertiary/aromatic N) is 1. The van der Waals surface area contributed by atoms with Crippen LogP contribution in [-0.2, 0) is 0 Å². The third kappa shape index (κ3) is 2.65. The Morgan fingerprint density at radius 2 is 2.11 bits per heavy atom. The molecular formula is C13H14ClN3O. The van der Waals surface area contributed by atoms with Gasteiger partial charge in [0, 0.05) is 5.69 Å². The molecule has 0 saturated carbocycles. The first-order valence-corrected chi connectivity index (χ1v) is 5.80. The van der Waals surface area contributed by atoms with Gasteiger partial charge < -0.3 is 15.8 Å². The fraction of sp³-hybridized carbons (Fsp3) is 0.154. The highest BCUT2D eigenvalue weighted by Gasteiger charge is 2.03. The van der Waals surface area contributed by atoms with Crippen LogP contribution in [0.4, 0.5) is 17.2 Å². The lowest BCUT2D eigenvalue weighted by molar-refractivity contribution is 0.415. The van der Waals surface area contributed by atoms with Gasteiger partial charge in [0.15, 0.2) is 0 Å². The standard InChI is InChI=1S/C13H14ClN3O/c1-8-5-13(16-7-11(8)15)17-9-3-4-12(18-2)10(14)6-9/h3-7H,15H2,1-2H3,(H,16,17). The molecule has 4 nitrogen and oxygen atoms in total. The molecule has 1 heterocycles. The normalized spacial score (nSPS) is 10.2. The first kappa shape index (κ1) is 12.5. The van der Waals surface area contributed by atoms with Crippen LogP contribution < -0.4 is 15.8 Å². The second kappa shape index (κ2) is 5.14. The molecule has 0 aliphatic rings. The highest BCUT2D eigenvalue weighted by atomic mass is 35.5. The number of rotatable bonds is 3. The Morgan fingerprint density at radius 1 is 1.33 bits per heavy atom. The van der Waals surface area contributed by atoms with Crippen molar-refractivity contribution in [2.75, 3.05) is 18.2 Å². The molecule has 94 valence electrons. The topological polar surface area (TPSA) is 60.2 Å². The van der Waals surface area contributed by atoms with Crippen LogP contribution in [0.2, 0.25) is 5.02 Å².